The molecule has 3 rings (SSSR count). The van der Waals surface area contributed by atoms with Crippen molar-refractivity contribution in [2.45, 2.75) is 0 Å². The maximum atomic E-state index is 11.8. The van der Waals surface area contributed by atoms with Crippen LogP contribution in [-0.4, -0.2) is 16.1 Å². The molecule has 0 spiro atoms. The largest absolute Gasteiger partial charge is 0.451 e. The molecule has 1 amide bonds. The minimum absolute atomic E-state index is 0.279. The van der Waals surface area contributed by atoms with E-state index in [2.05, 4.69) is 15.5 Å². The fraction of sp³-hybridized carbons (Fsp3) is 0. The van der Waals surface area contributed by atoms with Crippen LogP contribution in [0.1, 0.15) is 10.6 Å². The first-order valence-electron chi connectivity index (χ1n) is 5.12. The molecule has 2 aromatic heterocycles. The predicted octanol–water partition coefficient (Wildman–Crippen LogP) is 2.41. The highest BCUT2D eigenvalue weighted by molar-refractivity contribution is 6.04. The van der Waals surface area contributed by atoms with Gasteiger partial charge >= 0.3 is 0 Å². The van der Waals surface area contributed by atoms with Crippen molar-refractivity contribution < 1.29 is 9.21 Å². The molecule has 3 aromatic rings. The first-order chi connectivity index (χ1) is 8.33. The van der Waals surface area contributed by atoms with Gasteiger partial charge in [-0.1, -0.05) is 18.2 Å². The second kappa shape index (κ2) is 3.79. The van der Waals surface area contributed by atoms with E-state index in [9.17, 15) is 4.79 Å². The number of fused-ring (bicyclic) bond motifs is 1. The lowest BCUT2D eigenvalue weighted by Gasteiger charge is -1.97. The van der Waals surface area contributed by atoms with Gasteiger partial charge in [-0.2, -0.15) is 5.10 Å². The first-order valence-corrected chi connectivity index (χ1v) is 5.12. The van der Waals surface area contributed by atoms with Gasteiger partial charge in [0.1, 0.15) is 11.4 Å². The summed E-state index contributed by atoms with van der Waals surface area (Å²) in [5.41, 5.74) is 0.697. The van der Waals surface area contributed by atoms with E-state index in [1.165, 1.54) is 0 Å². The lowest BCUT2D eigenvalue weighted by Crippen LogP contribution is -2.10. The van der Waals surface area contributed by atoms with Crippen LogP contribution >= 0.6 is 0 Å². The van der Waals surface area contributed by atoms with Crippen LogP contribution in [0.4, 0.5) is 5.82 Å². The van der Waals surface area contributed by atoms with Crippen molar-refractivity contribution in [2.75, 3.05) is 5.32 Å². The van der Waals surface area contributed by atoms with Gasteiger partial charge in [-0.25, -0.2) is 0 Å². The lowest BCUT2D eigenvalue weighted by atomic mass is 10.2. The Kier molecular flexibility index (Phi) is 2.15. The number of H-pyrrole nitrogens is 1. The molecule has 2 N–H and O–H groups in total. The Labute approximate surface area is 96.4 Å². The number of benzene rings is 1. The summed E-state index contributed by atoms with van der Waals surface area (Å²) in [6, 6.07) is 10.9. The Morgan fingerprint density at radius 1 is 1.29 bits per heavy atom. The highest BCUT2D eigenvalue weighted by Crippen LogP contribution is 2.19. The molecule has 0 unspecified atom stereocenters. The van der Waals surface area contributed by atoms with Gasteiger partial charge in [-0.15, -0.1) is 0 Å². The number of nitrogens with zero attached hydrogens (tertiary/aromatic N) is 1. The van der Waals surface area contributed by atoms with E-state index in [1.54, 1.807) is 18.3 Å². The number of aromatic amines is 1. The van der Waals surface area contributed by atoms with Crippen LogP contribution in [0.2, 0.25) is 0 Å². The van der Waals surface area contributed by atoms with Crippen molar-refractivity contribution in [3.05, 3.63) is 48.4 Å². The third-order valence-electron chi connectivity index (χ3n) is 2.40. The zero-order valence-electron chi connectivity index (χ0n) is 8.81. The van der Waals surface area contributed by atoms with Gasteiger partial charge in [-0.3, -0.25) is 9.89 Å². The number of hydrogen-bond donors (Lipinski definition) is 2. The van der Waals surface area contributed by atoms with Gasteiger partial charge in [0.2, 0.25) is 0 Å². The van der Waals surface area contributed by atoms with Gasteiger partial charge in [0.25, 0.3) is 5.91 Å². The molecule has 0 bridgehead atoms. The Hall–Kier alpha value is -2.56. The van der Waals surface area contributed by atoms with Crippen molar-refractivity contribution in [1.29, 1.82) is 0 Å². The normalized spacial score (nSPS) is 10.6. The van der Waals surface area contributed by atoms with Crippen molar-refractivity contribution in [3.63, 3.8) is 0 Å². The number of hydrogen-bond acceptors (Lipinski definition) is 3. The zero-order valence-corrected chi connectivity index (χ0v) is 8.81. The number of furan rings is 1. The predicted molar refractivity (Wildman–Crippen MR) is 62.8 cm³/mol. The van der Waals surface area contributed by atoms with E-state index >= 15 is 0 Å². The van der Waals surface area contributed by atoms with E-state index in [1.807, 2.05) is 24.3 Å². The molecule has 2 heterocycles. The van der Waals surface area contributed by atoms with Crippen LogP contribution in [-0.2, 0) is 0 Å². The molecular weight excluding hydrogens is 218 g/mol. The fourth-order valence-electron chi connectivity index (χ4n) is 1.60. The fourth-order valence-corrected chi connectivity index (χ4v) is 1.60. The van der Waals surface area contributed by atoms with Crippen LogP contribution in [0.3, 0.4) is 0 Å². The van der Waals surface area contributed by atoms with Gasteiger partial charge in [0, 0.05) is 11.5 Å². The summed E-state index contributed by atoms with van der Waals surface area (Å²) in [5.74, 6) is 0.515. The third-order valence-corrected chi connectivity index (χ3v) is 2.40. The number of para-hydroxylation sites is 1. The van der Waals surface area contributed by atoms with Crippen molar-refractivity contribution in [2.24, 2.45) is 0 Å². The molecule has 84 valence electrons. The first kappa shape index (κ1) is 9.65. The number of anilines is 1. The third kappa shape index (κ3) is 1.78. The van der Waals surface area contributed by atoms with Gasteiger partial charge in [0.05, 0.1) is 6.20 Å². The minimum atomic E-state index is -0.301. The summed E-state index contributed by atoms with van der Waals surface area (Å²) in [7, 11) is 0. The standard InChI is InChI=1S/C12H9N3O2/c16-12(14-11-5-6-13-15-11)10-7-8-3-1-2-4-9(8)17-10/h1-7H,(H2,13,14,15,16). The summed E-state index contributed by atoms with van der Waals surface area (Å²) in [4.78, 5) is 11.8. The Morgan fingerprint density at radius 2 is 2.18 bits per heavy atom. The molecule has 0 atom stereocenters. The van der Waals surface area contributed by atoms with E-state index in [0.29, 0.717) is 11.4 Å². The molecule has 1 aromatic carbocycles. The summed E-state index contributed by atoms with van der Waals surface area (Å²) in [6.07, 6.45) is 1.56. The molecule has 0 saturated carbocycles. The summed E-state index contributed by atoms with van der Waals surface area (Å²) >= 11 is 0. The number of nitrogens with one attached hydrogen (secondary N) is 2. The van der Waals surface area contributed by atoms with Crippen LogP contribution in [0.15, 0.2) is 47.0 Å². The SMILES string of the molecule is O=C(Nc1ccn[nH]1)c1cc2ccccc2o1. The average Bonchev–Trinajstić information content (AvgIpc) is 2.96. The molecule has 0 fully saturated rings. The molecule has 0 aliphatic heterocycles. The van der Waals surface area contributed by atoms with Gasteiger partial charge in [-0.05, 0) is 12.1 Å². The quantitative estimate of drug-likeness (QED) is 0.706. The minimum Gasteiger partial charge on any atom is -0.451 e. The van der Waals surface area contributed by atoms with Crippen molar-refractivity contribution in [3.8, 4) is 0 Å². The van der Waals surface area contributed by atoms with E-state index < -0.39 is 0 Å². The summed E-state index contributed by atoms with van der Waals surface area (Å²) in [5, 5.41) is 9.94. The molecule has 0 aliphatic carbocycles. The number of aromatic nitrogens is 2. The monoisotopic (exact) mass is 227 g/mol. The Balaban J connectivity index is 1.90. The molecule has 17 heavy (non-hydrogen) atoms. The molecule has 0 aliphatic rings. The number of carbonyl (C=O) groups is 1. The average molecular weight is 227 g/mol. The smallest absolute Gasteiger partial charge is 0.292 e. The topological polar surface area (TPSA) is 70.9 Å². The molecule has 5 heteroatoms. The van der Waals surface area contributed by atoms with Gasteiger partial charge in [0.15, 0.2) is 5.76 Å². The van der Waals surface area contributed by atoms with E-state index in [0.717, 1.165) is 5.39 Å². The number of amides is 1. The second-order valence-electron chi connectivity index (χ2n) is 3.57. The highest BCUT2D eigenvalue weighted by atomic mass is 16.3. The number of rotatable bonds is 2. The van der Waals surface area contributed by atoms with Crippen LogP contribution in [0.5, 0.6) is 0 Å². The van der Waals surface area contributed by atoms with Crippen LogP contribution in [0, 0.1) is 0 Å². The van der Waals surface area contributed by atoms with Gasteiger partial charge < -0.3 is 9.73 Å². The molecule has 0 saturated heterocycles. The lowest BCUT2D eigenvalue weighted by molar-refractivity contribution is 0.0998. The molecule has 0 radical (unpaired) electrons. The zero-order chi connectivity index (χ0) is 11.7. The highest BCUT2D eigenvalue weighted by Gasteiger charge is 2.12. The second-order valence-corrected chi connectivity index (χ2v) is 3.57. The van der Waals surface area contributed by atoms with E-state index in [4.69, 9.17) is 4.42 Å². The van der Waals surface area contributed by atoms with Crippen molar-refractivity contribution in [1.82, 2.24) is 10.2 Å². The van der Waals surface area contributed by atoms with E-state index in [-0.39, 0.29) is 11.7 Å². The summed E-state index contributed by atoms with van der Waals surface area (Å²) in [6.45, 7) is 0. The maximum absolute atomic E-state index is 11.8. The number of carbonyl (C=O) groups excluding carboxylic acids is 1. The van der Waals surface area contributed by atoms with Crippen LogP contribution in [0.25, 0.3) is 11.0 Å². The molecule has 5 nitrogen and oxygen atoms in total. The van der Waals surface area contributed by atoms with Crippen molar-refractivity contribution >= 4 is 22.7 Å². The van der Waals surface area contributed by atoms with Crippen LogP contribution < -0.4 is 5.32 Å². The Morgan fingerprint density at radius 3 is 2.94 bits per heavy atom. The summed E-state index contributed by atoms with van der Waals surface area (Å²) < 4.78 is 5.43. The maximum Gasteiger partial charge on any atom is 0.292 e. The molecular formula is C12H9N3O2. The Bertz CT molecular complexity index is 622.